The maximum atomic E-state index is 13.0. The highest BCUT2D eigenvalue weighted by Crippen LogP contribution is 2.40. The van der Waals surface area contributed by atoms with E-state index < -0.39 is 11.7 Å². The summed E-state index contributed by atoms with van der Waals surface area (Å²) in [7, 11) is 3.57. The first kappa shape index (κ1) is 21.7. The Balaban J connectivity index is 1.24. The number of amides is 1. The number of aromatic nitrogens is 4. The molecule has 2 aliphatic rings. The zero-order valence-electron chi connectivity index (χ0n) is 19.1. The third-order valence-corrected chi connectivity index (χ3v) is 6.60. The molecular formula is C24H30N6O3. The Morgan fingerprint density at radius 2 is 2.03 bits per heavy atom. The highest BCUT2D eigenvalue weighted by Gasteiger charge is 2.47. The number of carbonyl (C=O) groups excluding carboxylic acids is 1. The van der Waals surface area contributed by atoms with E-state index in [1.54, 1.807) is 13.3 Å². The van der Waals surface area contributed by atoms with E-state index in [4.69, 9.17) is 9.47 Å². The third kappa shape index (κ3) is 4.51. The van der Waals surface area contributed by atoms with Crippen LogP contribution in [0, 0.1) is 0 Å². The van der Waals surface area contributed by atoms with Gasteiger partial charge in [0.05, 0.1) is 19.9 Å². The molecule has 3 aromatic rings. The van der Waals surface area contributed by atoms with E-state index in [-0.39, 0.29) is 5.91 Å². The molecular weight excluding hydrogens is 420 g/mol. The van der Waals surface area contributed by atoms with Gasteiger partial charge in [0.2, 0.25) is 0 Å². The fraction of sp³-hybridized carbons (Fsp3) is 0.458. The highest BCUT2D eigenvalue weighted by molar-refractivity contribution is 5.81. The Bertz CT molecular complexity index is 1100. The van der Waals surface area contributed by atoms with Gasteiger partial charge in [-0.3, -0.25) is 14.4 Å². The van der Waals surface area contributed by atoms with E-state index in [1.807, 2.05) is 48.4 Å². The largest absolute Gasteiger partial charge is 0.497 e. The van der Waals surface area contributed by atoms with Crippen molar-refractivity contribution in [1.82, 2.24) is 29.5 Å². The van der Waals surface area contributed by atoms with Crippen LogP contribution in [0.4, 0.5) is 0 Å². The quantitative estimate of drug-likeness (QED) is 0.617. The van der Waals surface area contributed by atoms with E-state index in [1.165, 1.54) is 5.56 Å². The first-order valence-corrected chi connectivity index (χ1v) is 11.3. The molecule has 33 heavy (non-hydrogen) atoms. The van der Waals surface area contributed by atoms with Gasteiger partial charge in [-0.1, -0.05) is 12.1 Å². The molecule has 0 radical (unpaired) electrons. The summed E-state index contributed by atoms with van der Waals surface area (Å²) in [5.41, 5.74) is 1.69. The van der Waals surface area contributed by atoms with Crippen molar-refractivity contribution in [2.45, 2.75) is 44.2 Å². The fourth-order valence-electron chi connectivity index (χ4n) is 4.81. The second-order valence-corrected chi connectivity index (χ2v) is 8.87. The lowest BCUT2D eigenvalue weighted by Crippen LogP contribution is -2.53. The minimum absolute atomic E-state index is 0.0951. The lowest BCUT2D eigenvalue weighted by atomic mass is 9.88. The number of piperidine rings is 1. The molecule has 2 aromatic heterocycles. The number of nitrogens with one attached hydrogen (secondary N) is 1. The van der Waals surface area contributed by atoms with Crippen LogP contribution in [0.3, 0.4) is 0 Å². The van der Waals surface area contributed by atoms with Gasteiger partial charge in [-0.15, -0.1) is 0 Å². The third-order valence-electron chi connectivity index (χ3n) is 6.60. The summed E-state index contributed by atoms with van der Waals surface area (Å²) in [5, 5.41) is 7.30. The number of aryl methyl sites for hydroxylation is 1. The smallest absolute Gasteiger partial charge is 0.251 e. The molecule has 9 heteroatoms. The van der Waals surface area contributed by atoms with Gasteiger partial charge in [0.25, 0.3) is 5.91 Å². The van der Waals surface area contributed by atoms with E-state index in [2.05, 4.69) is 31.1 Å². The summed E-state index contributed by atoms with van der Waals surface area (Å²) in [6.07, 6.45) is 8.77. The van der Waals surface area contributed by atoms with Gasteiger partial charge in [-0.25, -0.2) is 4.98 Å². The zero-order valence-corrected chi connectivity index (χ0v) is 19.1. The molecule has 1 saturated heterocycles. The van der Waals surface area contributed by atoms with Gasteiger partial charge < -0.3 is 19.4 Å². The molecule has 5 rings (SSSR count). The summed E-state index contributed by atoms with van der Waals surface area (Å²) in [6.45, 7) is 3.55. The summed E-state index contributed by atoms with van der Waals surface area (Å²) < 4.78 is 15.6. The maximum Gasteiger partial charge on any atom is 0.251 e. The number of fused-ring (bicyclic) bond motifs is 2. The highest BCUT2D eigenvalue weighted by atomic mass is 16.5. The van der Waals surface area contributed by atoms with Crippen LogP contribution in [0.2, 0.25) is 0 Å². The van der Waals surface area contributed by atoms with Crippen molar-refractivity contribution >= 4 is 5.91 Å². The molecule has 1 N–H and O–H groups in total. The first-order chi connectivity index (χ1) is 16.0. The standard InChI is InChI=1S/C24H30N6O3/c1-28-15-19(14-27-28)16-29-10-7-24(8-11-29)23-25-9-12-30(23)17-21(33-24)22(31)26-13-18-3-5-20(32-2)6-4-18/h3-6,9,12,14-15,21H,7-8,10-11,13,16-17H2,1-2H3,(H,26,31). The van der Waals surface area contributed by atoms with Crippen LogP contribution in [-0.2, 0) is 41.8 Å². The minimum atomic E-state index is -0.546. The van der Waals surface area contributed by atoms with Gasteiger partial charge in [-0.2, -0.15) is 5.10 Å². The minimum Gasteiger partial charge on any atom is -0.497 e. The molecule has 174 valence electrons. The summed E-state index contributed by atoms with van der Waals surface area (Å²) in [5.74, 6) is 1.63. The molecule has 4 heterocycles. The summed E-state index contributed by atoms with van der Waals surface area (Å²) >= 11 is 0. The van der Waals surface area contributed by atoms with E-state index in [9.17, 15) is 4.79 Å². The number of nitrogens with zero attached hydrogens (tertiary/aromatic N) is 5. The van der Waals surface area contributed by atoms with Gasteiger partial charge >= 0.3 is 0 Å². The number of likely N-dealkylation sites (tertiary alicyclic amines) is 1. The lowest BCUT2D eigenvalue weighted by Gasteiger charge is -2.45. The monoisotopic (exact) mass is 450 g/mol. The summed E-state index contributed by atoms with van der Waals surface area (Å²) in [6, 6.07) is 7.69. The van der Waals surface area contributed by atoms with Crippen LogP contribution in [0.5, 0.6) is 5.75 Å². The molecule has 1 unspecified atom stereocenters. The number of benzene rings is 1. The van der Waals surface area contributed by atoms with Crippen LogP contribution >= 0.6 is 0 Å². The van der Waals surface area contributed by atoms with Crippen molar-refractivity contribution in [3.8, 4) is 5.75 Å². The molecule has 0 bridgehead atoms. The van der Waals surface area contributed by atoms with Crippen molar-refractivity contribution in [1.29, 1.82) is 0 Å². The van der Waals surface area contributed by atoms with Crippen LogP contribution in [-0.4, -0.2) is 56.4 Å². The first-order valence-electron chi connectivity index (χ1n) is 11.3. The zero-order chi connectivity index (χ0) is 22.8. The lowest BCUT2D eigenvalue weighted by molar-refractivity contribution is -0.174. The second-order valence-electron chi connectivity index (χ2n) is 8.87. The predicted molar refractivity (Wildman–Crippen MR) is 121 cm³/mol. The van der Waals surface area contributed by atoms with Crippen molar-refractivity contribution < 1.29 is 14.3 Å². The van der Waals surface area contributed by atoms with Gasteiger partial charge in [0, 0.05) is 57.4 Å². The number of imidazole rings is 1. The Morgan fingerprint density at radius 1 is 1.24 bits per heavy atom. The second kappa shape index (κ2) is 8.99. The molecule has 1 fully saturated rings. The van der Waals surface area contributed by atoms with Crippen LogP contribution in [0.15, 0.2) is 49.1 Å². The number of methoxy groups -OCH3 is 1. The molecule has 2 aliphatic heterocycles. The fourth-order valence-corrected chi connectivity index (χ4v) is 4.81. The Morgan fingerprint density at radius 3 is 2.73 bits per heavy atom. The number of rotatable bonds is 6. The van der Waals surface area contributed by atoms with E-state index >= 15 is 0 Å². The average molecular weight is 451 g/mol. The van der Waals surface area contributed by atoms with Gasteiger partial charge in [-0.05, 0) is 30.5 Å². The number of hydrogen-bond donors (Lipinski definition) is 1. The Kier molecular flexibility index (Phi) is 5.90. The molecule has 0 aliphatic carbocycles. The van der Waals surface area contributed by atoms with Crippen LogP contribution in [0.1, 0.15) is 29.8 Å². The molecule has 1 amide bonds. The van der Waals surface area contributed by atoms with E-state index in [0.29, 0.717) is 13.1 Å². The Hall–Kier alpha value is -3.17. The van der Waals surface area contributed by atoms with Crippen molar-refractivity contribution in [2.75, 3.05) is 20.2 Å². The van der Waals surface area contributed by atoms with Gasteiger partial charge in [0.1, 0.15) is 17.2 Å². The van der Waals surface area contributed by atoms with Crippen LogP contribution < -0.4 is 10.1 Å². The summed E-state index contributed by atoms with van der Waals surface area (Å²) in [4.78, 5) is 20.1. The van der Waals surface area contributed by atoms with Crippen molar-refractivity contribution in [2.24, 2.45) is 7.05 Å². The topological polar surface area (TPSA) is 86.4 Å². The molecule has 0 saturated carbocycles. The Labute approximate surface area is 193 Å². The van der Waals surface area contributed by atoms with Crippen LogP contribution in [0.25, 0.3) is 0 Å². The predicted octanol–water partition coefficient (Wildman–Crippen LogP) is 1.83. The van der Waals surface area contributed by atoms with E-state index in [0.717, 1.165) is 49.6 Å². The molecule has 1 aromatic carbocycles. The molecule has 1 spiro atoms. The SMILES string of the molecule is COc1ccc(CNC(=O)C2Cn3ccnc3C3(CCN(Cc4cnn(C)c4)CC3)O2)cc1. The van der Waals surface area contributed by atoms with Crippen molar-refractivity contribution in [3.05, 3.63) is 66.0 Å². The molecule has 9 nitrogen and oxygen atoms in total. The number of carbonyl (C=O) groups is 1. The number of ether oxygens (including phenoxy) is 2. The normalized spacial score (nSPS) is 19.9. The number of hydrogen-bond acceptors (Lipinski definition) is 6. The van der Waals surface area contributed by atoms with Gasteiger partial charge in [0.15, 0.2) is 6.10 Å². The van der Waals surface area contributed by atoms with Crippen molar-refractivity contribution in [3.63, 3.8) is 0 Å². The average Bonchev–Trinajstić information content (AvgIpc) is 3.48. The molecule has 1 atom stereocenters. The maximum absolute atomic E-state index is 13.0.